The molecule has 1 heterocycles. The Hall–Kier alpha value is -1.83. The Bertz CT molecular complexity index is 558. The van der Waals surface area contributed by atoms with E-state index in [9.17, 15) is 0 Å². The van der Waals surface area contributed by atoms with Crippen molar-refractivity contribution >= 4 is 16.6 Å². The van der Waals surface area contributed by atoms with E-state index in [-0.39, 0.29) is 0 Å². The first kappa shape index (κ1) is 11.6. The van der Waals surface area contributed by atoms with Gasteiger partial charge in [0.1, 0.15) is 0 Å². The Balaban J connectivity index is 2.55. The molecule has 0 aliphatic rings. The summed E-state index contributed by atoms with van der Waals surface area (Å²) in [5, 5.41) is 1.20. The number of hydrogen-bond donors (Lipinski definition) is 0. The zero-order valence-corrected chi connectivity index (χ0v) is 10.7. The zero-order valence-electron chi connectivity index (χ0n) is 10.7. The van der Waals surface area contributed by atoms with E-state index in [4.69, 9.17) is 0 Å². The van der Waals surface area contributed by atoms with E-state index in [0.717, 1.165) is 23.3 Å². The highest BCUT2D eigenvalue weighted by Crippen LogP contribution is 2.26. The number of nitrogens with zero attached hydrogens (tertiary/aromatic N) is 2. The molecule has 0 bridgehead atoms. The van der Waals surface area contributed by atoms with Crippen molar-refractivity contribution < 1.29 is 0 Å². The van der Waals surface area contributed by atoms with E-state index < -0.39 is 0 Å². The Morgan fingerprint density at radius 1 is 1.35 bits per heavy atom. The van der Waals surface area contributed by atoms with Gasteiger partial charge in [-0.25, -0.2) is 0 Å². The maximum absolute atomic E-state index is 4.55. The first-order chi connectivity index (χ1) is 8.08. The Labute approximate surface area is 103 Å². The van der Waals surface area contributed by atoms with E-state index in [1.165, 1.54) is 11.1 Å². The van der Waals surface area contributed by atoms with Crippen molar-refractivity contribution in [3.05, 3.63) is 48.2 Å². The zero-order chi connectivity index (χ0) is 12.4. The molecule has 2 aromatic rings. The average Bonchev–Trinajstić information content (AvgIpc) is 2.26. The SMILES string of the molecule is C=C(C)CN(C)c1cc(C)nc2ccccc12. The standard InChI is InChI=1S/C15H18N2/c1-11(2)10-17(4)15-9-12(3)16-14-8-6-5-7-13(14)15/h5-9H,1,10H2,2-4H3. The van der Waals surface area contributed by atoms with Gasteiger partial charge in [-0.05, 0) is 26.0 Å². The summed E-state index contributed by atoms with van der Waals surface area (Å²) in [6, 6.07) is 10.4. The van der Waals surface area contributed by atoms with Gasteiger partial charge in [0.25, 0.3) is 0 Å². The summed E-state index contributed by atoms with van der Waals surface area (Å²) in [5.74, 6) is 0. The minimum Gasteiger partial charge on any atom is -0.370 e. The molecule has 1 aromatic heterocycles. The van der Waals surface area contributed by atoms with Crippen LogP contribution in [0.1, 0.15) is 12.6 Å². The van der Waals surface area contributed by atoms with Crippen LogP contribution in [0.25, 0.3) is 10.9 Å². The van der Waals surface area contributed by atoms with Gasteiger partial charge in [0.2, 0.25) is 0 Å². The molecule has 0 fully saturated rings. The lowest BCUT2D eigenvalue weighted by atomic mass is 10.1. The van der Waals surface area contributed by atoms with Gasteiger partial charge < -0.3 is 4.90 Å². The van der Waals surface area contributed by atoms with E-state index in [2.05, 4.69) is 47.8 Å². The summed E-state index contributed by atoms with van der Waals surface area (Å²) in [4.78, 5) is 6.77. The quantitative estimate of drug-likeness (QED) is 0.744. The molecule has 0 amide bonds. The Morgan fingerprint density at radius 3 is 2.76 bits per heavy atom. The van der Waals surface area contributed by atoms with E-state index >= 15 is 0 Å². The smallest absolute Gasteiger partial charge is 0.0726 e. The minimum atomic E-state index is 0.868. The summed E-state index contributed by atoms with van der Waals surface area (Å²) in [5.41, 5.74) is 4.48. The van der Waals surface area contributed by atoms with Crippen LogP contribution in [-0.4, -0.2) is 18.6 Å². The lowest BCUT2D eigenvalue weighted by molar-refractivity contribution is 0.987. The second kappa shape index (κ2) is 4.58. The monoisotopic (exact) mass is 226 g/mol. The molecule has 0 radical (unpaired) electrons. The van der Waals surface area contributed by atoms with Crippen LogP contribution in [0, 0.1) is 6.92 Å². The molecule has 0 spiro atoms. The highest BCUT2D eigenvalue weighted by molar-refractivity contribution is 5.91. The van der Waals surface area contributed by atoms with Crippen molar-refractivity contribution in [2.45, 2.75) is 13.8 Å². The van der Waals surface area contributed by atoms with Crippen LogP contribution >= 0.6 is 0 Å². The van der Waals surface area contributed by atoms with Crippen molar-refractivity contribution in [2.24, 2.45) is 0 Å². The normalized spacial score (nSPS) is 10.5. The van der Waals surface area contributed by atoms with Crippen LogP contribution in [-0.2, 0) is 0 Å². The summed E-state index contributed by atoms with van der Waals surface area (Å²) in [7, 11) is 2.09. The van der Waals surface area contributed by atoms with Gasteiger partial charge in [0.15, 0.2) is 0 Å². The largest absolute Gasteiger partial charge is 0.370 e. The van der Waals surface area contributed by atoms with Crippen molar-refractivity contribution in [2.75, 3.05) is 18.5 Å². The molecular weight excluding hydrogens is 208 g/mol. The number of aromatic nitrogens is 1. The molecule has 2 rings (SSSR count). The maximum Gasteiger partial charge on any atom is 0.0726 e. The topological polar surface area (TPSA) is 16.1 Å². The fourth-order valence-electron chi connectivity index (χ4n) is 2.09. The van der Waals surface area contributed by atoms with Gasteiger partial charge in [-0.3, -0.25) is 4.98 Å². The molecular formula is C15H18N2. The van der Waals surface area contributed by atoms with Crippen LogP contribution in [0.2, 0.25) is 0 Å². The second-order valence-corrected chi connectivity index (χ2v) is 4.61. The highest BCUT2D eigenvalue weighted by Gasteiger charge is 2.07. The number of fused-ring (bicyclic) bond motifs is 1. The van der Waals surface area contributed by atoms with Crippen molar-refractivity contribution in [3.63, 3.8) is 0 Å². The fraction of sp³-hybridized carbons (Fsp3) is 0.267. The third-order valence-corrected chi connectivity index (χ3v) is 2.74. The predicted octanol–water partition coefficient (Wildman–Crippen LogP) is 3.56. The molecule has 1 aromatic carbocycles. The fourth-order valence-corrected chi connectivity index (χ4v) is 2.09. The molecule has 17 heavy (non-hydrogen) atoms. The molecule has 2 heteroatoms. The predicted molar refractivity (Wildman–Crippen MR) is 74.6 cm³/mol. The average molecular weight is 226 g/mol. The molecule has 0 N–H and O–H groups in total. The lowest BCUT2D eigenvalue weighted by Crippen LogP contribution is -2.19. The maximum atomic E-state index is 4.55. The Morgan fingerprint density at radius 2 is 2.06 bits per heavy atom. The number of likely N-dealkylation sites (N-methyl/N-ethyl adjacent to an activating group) is 1. The Kier molecular flexibility index (Phi) is 3.14. The number of benzene rings is 1. The highest BCUT2D eigenvalue weighted by atomic mass is 15.1. The summed E-state index contributed by atoms with van der Waals surface area (Å²) >= 11 is 0. The summed E-state index contributed by atoms with van der Waals surface area (Å²) < 4.78 is 0. The van der Waals surface area contributed by atoms with Crippen LogP contribution in [0.15, 0.2) is 42.5 Å². The summed E-state index contributed by atoms with van der Waals surface area (Å²) in [6.07, 6.45) is 0. The van der Waals surface area contributed by atoms with Gasteiger partial charge >= 0.3 is 0 Å². The lowest BCUT2D eigenvalue weighted by Gasteiger charge is -2.21. The molecule has 0 saturated heterocycles. The van der Waals surface area contributed by atoms with Gasteiger partial charge in [-0.15, -0.1) is 0 Å². The molecule has 0 atom stereocenters. The number of aryl methyl sites for hydroxylation is 1. The third kappa shape index (κ3) is 2.47. The molecule has 88 valence electrons. The van der Waals surface area contributed by atoms with Crippen molar-refractivity contribution in [3.8, 4) is 0 Å². The number of rotatable bonds is 3. The number of pyridine rings is 1. The number of hydrogen-bond acceptors (Lipinski definition) is 2. The first-order valence-electron chi connectivity index (χ1n) is 5.80. The van der Waals surface area contributed by atoms with Gasteiger partial charge in [0, 0.05) is 30.4 Å². The molecule has 0 aliphatic carbocycles. The van der Waals surface area contributed by atoms with Gasteiger partial charge in [-0.2, -0.15) is 0 Å². The van der Waals surface area contributed by atoms with E-state index in [1.54, 1.807) is 0 Å². The first-order valence-corrected chi connectivity index (χ1v) is 5.80. The molecule has 0 saturated carbocycles. The van der Waals surface area contributed by atoms with Crippen molar-refractivity contribution in [1.29, 1.82) is 0 Å². The van der Waals surface area contributed by atoms with Crippen LogP contribution < -0.4 is 4.90 Å². The van der Waals surface area contributed by atoms with Crippen LogP contribution in [0.3, 0.4) is 0 Å². The van der Waals surface area contributed by atoms with E-state index in [1.807, 2.05) is 19.9 Å². The molecule has 0 aliphatic heterocycles. The summed E-state index contributed by atoms with van der Waals surface area (Å²) in [6.45, 7) is 8.91. The van der Waals surface area contributed by atoms with E-state index in [0.29, 0.717) is 0 Å². The van der Waals surface area contributed by atoms with Crippen molar-refractivity contribution in [1.82, 2.24) is 4.98 Å². The van der Waals surface area contributed by atoms with Crippen LogP contribution in [0.4, 0.5) is 5.69 Å². The third-order valence-electron chi connectivity index (χ3n) is 2.74. The number of para-hydroxylation sites is 1. The van der Waals surface area contributed by atoms with Gasteiger partial charge in [-0.1, -0.05) is 30.4 Å². The van der Waals surface area contributed by atoms with Crippen LogP contribution in [0.5, 0.6) is 0 Å². The molecule has 0 unspecified atom stereocenters. The second-order valence-electron chi connectivity index (χ2n) is 4.61. The van der Waals surface area contributed by atoms with Gasteiger partial charge in [0.05, 0.1) is 5.52 Å². The number of anilines is 1. The molecule has 2 nitrogen and oxygen atoms in total. The minimum absolute atomic E-state index is 0.868.